The highest BCUT2D eigenvalue weighted by atomic mass is 19.1. The van der Waals surface area contributed by atoms with Gasteiger partial charge in [0, 0.05) is 17.7 Å². The zero-order valence-corrected chi connectivity index (χ0v) is 7.77. The van der Waals surface area contributed by atoms with Crippen LogP contribution in [0.25, 0.3) is 0 Å². The Balaban J connectivity index is 3.42. The van der Waals surface area contributed by atoms with Gasteiger partial charge in [0.05, 0.1) is 5.41 Å². The Hall–Kier alpha value is -1.32. The average molecular weight is 202 g/mol. The van der Waals surface area contributed by atoms with Crippen molar-refractivity contribution < 1.29 is 18.0 Å². The lowest BCUT2D eigenvalue weighted by molar-refractivity contribution is -0.111. The molecule has 0 saturated heterocycles. The Morgan fingerprint density at radius 1 is 1.14 bits per heavy atom. The lowest BCUT2D eigenvalue weighted by atomic mass is 9.85. The molecule has 1 rings (SSSR count). The van der Waals surface area contributed by atoms with Crippen molar-refractivity contribution in [1.29, 1.82) is 0 Å². The van der Waals surface area contributed by atoms with Crippen molar-refractivity contribution in [2.24, 2.45) is 0 Å². The minimum atomic E-state index is -1.29. The van der Waals surface area contributed by atoms with Crippen LogP contribution in [0.15, 0.2) is 12.1 Å². The van der Waals surface area contributed by atoms with Gasteiger partial charge in [-0.1, -0.05) is 0 Å². The van der Waals surface area contributed by atoms with Crippen molar-refractivity contribution in [1.82, 2.24) is 0 Å². The van der Waals surface area contributed by atoms with Crippen LogP contribution >= 0.6 is 0 Å². The predicted molar refractivity (Wildman–Crippen MR) is 45.4 cm³/mol. The van der Waals surface area contributed by atoms with Crippen LogP contribution in [0.1, 0.15) is 19.4 Å². The maximum atomic E-state index is 13.2. The summed E-state index contributed by atoms with van der Waals surface area (Å²) in [6, 6.07) is 1.12. The van der Waals surface area contributed by atoms with Crippen LogP contribution in [0.3, 0.4) is 0 Å². The van der Waals surface area contributed by atoms with Crippen LogP contribution in [0.5, 0.6) is 0 Å². The van der Waals surface area contributed by atoms with E-state index < -0.39 is 28.4 Å². The fourth-order valence-corrected chi connectivity index (χ4v) is 1.22. The molecule has 0 N–H and O–H groups in total. The van der Waals surface area contributed by atoms with Crippen LogP contribution in [-0.4, -0.2) is 6.29 Å². The lowest BCUT2D eigenvalue weighted by Gasteiger charge is -2.18. The number of halogens is 3. The van der Waals surface area contributed by atoms with Crippen molar-refractivity contribution in [3.05, 3.63) is 35.1 Å². The number of rotatable bonds is 2. The van der Waals surface area contributed by atoms with Crippen LogP contribution < -0.4 is 0 Å². The Bertz CT molecular complexity index is 349. The quantitative estimate of drug-likeness (QED) is 0.673. The molecule has 0 aliphatic carbocycles. The largest absolute Gasteiger partial charge is 0.302 e. The number of hydrogen-bond donors (Lipinski definition) is 0. The molecule has 14 heavy (non-hydrogen) atoms. The molecule has 0 fully saturated rings. The molecule has 1 aromatic rings. The molecule has 0 aromatic heterocycles. The first-order valence-electron chi connectivity index (χ1n) is 4.00. The first kappa shape index (κ1) is 10.8. The van der Waals surface area contributed by atoms with E-state index in [4.69, 9.17) is 0 Å². The second-order valence-corrected chi connectivity index (χ2v) is 3.58. The summed E-state index contributed by atoms with van der Waals surface area (Å²) in [5.41, 5.74) is -1.70. The van der Waals surface area contributed by atoms with Gasteiger partial charge in [-0.05, 0) is 13.8 Å². The summed E-state index contributed by atoms with van der Waals surface area (Å²) in [5, 5.41) is 0. The first-order valence-corrected chi connectivity index (χ1v) is 4.00. The van der Waals surface area contributed by atoms with Gasteiger partial charge in [0.2, 0.25) is 0 Å². The molecule has 1 aromatic carbocycles. The van der Waals surface area contributed by atoms with Crippen LogP contribution in [0.4, 0.5) is 13.2 Å². The second-order valence-electron chi connectivity index (χ2n) is 3.58. The average Bonchev–Trinajstić information content (AvgIpc) is 2.01. The highest BCUT2D eigenvalue weighted by Crippen LogP contribution is 2.27. The minimum Gasteiger partial charge on any atom is -0.302 e. The van der Waals surface area contributed by atoms with E-state index in [1.807, 2.05) is 0 Å². The van der Waals surface area contributed by atoms with Gasteiger partial charge in [0.15, 0.2) is 0 Å². The van der Waals surface area contributed by atoms with Crippen LogP contribution in [-0.2, 0) is 10.2 Å². The molecular formula is C10H9F3O. The van der Waals surface area contributed by atoms with Crippen molar-refractivity contribution in [2.45, 2.75) is 19.3 Å². The van der Waals surface area contributed by atoms with E-state index in [2.05, 4.69) is 0 Å². The smallest absolute Gasteiger partial charge is 0.133 e. The molecule has 0 aliphatic rings. The molecule has 0 atom stereocenters. The summed E-state index contributed by atoms with van der Waals surface area (Å²) in [5.74, 6) is -3.08. The molecule has 4 heteroatoms. The fourth-order valence-electron chi connectivity index (χ4n) is 1.22. The fraction of sp³-hybridized carbons (Fsp3) is 0.300. The third kappa shape index (κ3) is 1.78. The molecule has 0 aliphatic heterocycles. The Morgan fingerprint density at radius 3 is 1.93 bits per heavy atom. The predicted octanol–water partition coefficient (Wildman–Crippen LogP) is 2.58. The molecule has 0 radical (unpaired) electrons. The summed E-state index contributed by atoms with van der Waals surface area (Å²) in [4.78, 5) is 10.6. The van der Waals surface area contributed by atoms with Gasteiger partial charge >= 0.3 is 0 Å². The summed E-state index contributed by atoms with van der Waals surface area (Å²) in [6.45, 7) is 2.72. The van der Waals surface area contributed by atoms with Crippen molar-refractivity contribution in [2.75, 3.05) is 0 Å². The van der Waals surface area contributed by atoms with E-state index >= 15 is 0 Å². The Labute approximate surface area is 79.5 Å². The highest BCUT2D eigenvalue weighted by Gasteiger charge is 2.27. The first-order chi connectivity index (χ1) is 6.38. The lowest BCUT2D eigenvalue weighted by Crippen LogP contribution is -2.22. The maximum absolute atomic E-state index is 13.2. The van der Waals surface area contributed by atoms with E-state index in [9.17, 15) is 18.0 Å². The van der Waals surface area contributed by atoms with E-state index in [0.29, 0.717) is 18.4 Å². The summed E-state index contributed by atoms with van der Waals surface area (Å²) in [6.07, 6.45) is 0.423. The zero-order valence-electron chi connectivity index (χ0n) is 7.77. The molecule has 0 heterocycles. The Kier molecular flexibility index (Phi) is 2.64. The topological polar surface area (TPSA) is 17.1 Å². The minimum absolute atomic E-state index is 0.408. The maximum Gasteiger partial charge on any atom is 0.133 e. The summed E-state index contributed by atoms with van der Waals surface area (Å²) in [7, 11) is 0. The number of carbonyl (C=O) groups excluding carboxylic acids is 1. The number of benzene rings is 1. The van der Waals surface area contributed by atoms with Gasteiger partial charge < -0.3 is 4.79 Å². The molecule has 0 amide bonds. The summed E-state index contributed by atoms with van der Waals surface area (Å²) < 4.78 is 38.8. The van der Waals surface area contributed by atoms with E-state index in [1.165, 1.54) is 13.8 Å². The van der Waals surface area contributed by atoms with Gasteiger partial charge in [0.1, 0.15) is 23.7 Å². The second kappa shape index (κ2) is 3.44. The molecule has 76 valence electrons. The number of aldehydes is 1. The molecule has 0 bridgehead atoms. The van der Waals surface area contributed by atoms with Crippen molar-refractivity contribution in [3.63, 3.8) is 0 Å². The summed E-state index contributed by atoms with van der Waals surface area (Å²) >= 11 is 0. The normalized spacial score (nSPS) is 11.5. The van der Waals surface area contributed by atoms with Gasteiger partial charge in [-0.25, -0.2) is 13.2 Å². The third-order valence-electron chi connectivity index (χ3n) is 1.95. The van der Waals surface area contributed by atoms with Gasteiger partial charge in [0.25, 0.3) is 0 Å². The van der Waals surface area contributed by atoms with Crippen LogP contribution in [0, 0.1) is 17.5 Å². The molecule has 0 spiro atoms. The van der Waals surface area contributed by atoms with Gasteiger partial charge in [-0.3, -0.25) is 0 Å². The highest BCUT2D eigenvalue weighted by molar-refractivity contribution is 5.67. The molecule has 1 nitrogen and oxygen atoms in total. The standard InChI is InChI=1S/C10H9F3O/c1-10(2,5-14)9-7(12)3-6(11)4-8(9)13/h3-5H,1-2H3. The van der Waals surface area contributed by atoms with E-state index in [1.54, 1.807) is 0 Å². The molecule has 0 saturated carbocycles. The van der Waals surface area contributed by atoms with Gasteiger partial charge in [-0.15, -0.1) is 0 Å². The zero-order chi connectivity index (χ0) is 10.9. The third-order valence-corrected chi connectivity index (χ3v) is 1.95. The molecule has 0 unspecified atom stereocenters. The van der Waals surface area contributed by atoms with Crippen molar-refractivity contribution >= 4 is 6.29 Å². The number of hydrogen-bond acceptors (Lipinski definition) is 1. The van der Waals surface area contributed by atoms with Gasteiger partial charge in [-0.2, -0.15) is 0 Å². The van der Waals surface area contributed by atoms with Crippen LogP contribution in [0.2, 0.25) is 0 Å². The SMILES string of the molecule is CC(C)(C=O)c1c(F)cc(F)cc1F. The molecular weight excluding hydrogens is 193 g/mol. The monoisotopic (exact) mass is 202 g/mol. The number of carbonyl (C=O) groups is 1. The van der Waals surface area contributed by atoms with Crippen molar-refractivity contribution in [3.8, 4) is 0 Å². The Morgan fingerprint density at radius 2 is 1.57 bits per heavy atom. The van der Waals surface area contributed by atoms with E-state index in [-0.39, 0.29) is 0 Å². The van der Waals surface area contributed by atoms with E-state index in [0.717, 1.165) is 0 Å².